The summed E-state index contributed by atoms with van der Waals surface area (Å²) in [7, 11) is 3.89. The minimum Gasteiger partial charge on any atom is -0.328 e. The molecular weight excluding hydrogens is 274 g/mol. The lowest BCUT2D eigenvalue weighted by Gasteiger charge is -2.04. The van der Waals surface area contributed by atoms with E-state index in [1.54, 1.807) is 6.33 Å². The van der Waals surface area contributed by atoms with Gasteiger partial charge in [0.25, 0.3) is 0 Å². The summed E-state index contributed by atoms with van der Waals surface area (Å²) in [6.45, 7) is 2.85. The number of hydrogen-bond acceptors (Lipinski definition) is 4. The van der Waals surface area contributed by atoms with Gasteiger partial charge in [-0.05, 0) is 18.6 Å². The minimum atomic E-state index is 0.727. The fourth-order valence-corrected chi connectivity index (χ4v) is 2.76. The second-order valence-corrected chi connectivity index (χ2v) is 5.20. The number of aromatic amines is 1. The Bertz CT molecular complexity index is 804. The highest BCUT2D eigenvalue weighted by Crippen LogP contribution is 2.18. The molecule has 20 heavy (non-hydrogen) atoms. The predicted molar refractivity (Wildman–Crippen MR) is 78.0 cm³/mol. The summed E-state index contributed by atoms with van der Waals surface area (Å²) in [5, 5.41) is 12.5. The number of nitrogens with one attached hydrogen (secondary N) is 1. The maximum Gasteiger partial charge on any atom is 0.179 e. The normalized spacial score (nSPS) is 11.6. The second-order valence-electron chi connectivity index (χ2n) is 4.81. The maximum atomic E-state index is 5.42. The fraction of sp³-hybridized carbons (Fsp3) is 0.500. The van der Waals surface area contributed by atoms with Crippen molar-refractivity contribution in [3.63, 3.8) is 0 Å². The van der Waals surface area contributed by atoms with E-state index in [0.717, 1.165) is 46.8 Å². The summed E-state index contributed by atoms with van der Waals surface area (Å²) in [5.41, 5.74) is 3.12. The molecule has 0 amide bonds. The smallest absolute Gasteiger partial charge is 0.179 e. The van der Waals surface area contributed by atoms with Crippen LogP contribution >= 0.6 is 12.2 Å². The Balaban J connectivity index is 1.99. The zero-order valence-electron chi connectivity index (χ0n) is 11.8. The zero-order valence-corrected chi connectivity index (χ0v) is 12.6. The summed E-state index contributed by atoms with van der Waals surface area (Å²) in [6, 6.07) is 0. The first-order valence-electron chi connectivity index (χ1n) is 6.59. The van der Waals surface area contributed by atoms with Gasteiger partial charge in [-0.25, -0.2) is 0 Å². The van der Waals surface area contributed by atoms with Gasteiger partial charge in [-0.15, -0.1) is 10.2 Å². The Kier molecular flexibility index (Phi) is 3.17. The van der Waals surface area contributed by atoms with E-state index in [-0.39, 0.29) is 0 Å². The molecule has 0 atom stereocenters. The van der Waals surface area contributed by atoms with E-state index in [0.29, 0.717) is 0 Å². The van der Waals surface area contributed by atoms with Gasteiger partial charge in [0.05, 0.1) is 5.69 Å². The van der Waals surface area contributed by atoms with Crippen molar-refractivity contribution in [3.8, 4) is 0 Å². The molecule has 0 aliphatic carbocycles. The fourth-order valence-electron chi connectivity index (χ4n) is 2.48. The van der Waals surface area contributed by atoms with Crippen molar-refractivity contribution >= 4 is 23.4 Å². The van der Waals surface area contributed by atoms with Gasteiger partial charge >= 0.3 is 0 Å². The van der Waals surface area contributed by atoms with E-state index in [1.807, 2.05) is 23.3 Å². The molecule has 8 heteroatoms. The molecule has 3 aromatic rings. The summed E-state index contributed by atoms with van der Waals surface area (Å²) >= 11 is 5.42. The molecule has 106 valence electrons. The van der Waals surface area contributed by atoms with E-state index in [1.165, 1.54) is 0 Å². The summed E-state index contributed by atoms with van der Waals surface area (Å²) < 4.78 is 6.61. The lowest BCUT2D eigenvalue weighted by molar-refractivity contribution is 0.632. The number of H-pyrrole nitrogens is 1. The molecule has 0 bridgehead atoms. The molecule has 0 fully saturated rings. The largest absolute Gasteiger partial charge is 0.328 e. The summed E-state index contributed by atoms with van der Waals surface area (Å²) in [6.07, 6.45) is 3.38. The van der Waals surface area contributed by atoms with Crippen LogP contribution in [0.1, 0.15) is 18.4 Å². The molecule has 7 nitrogen and oxygen atoms in total. The van der Waals surface area contributed by atoms with Crippen LogP contribution in [0.2, 0.25) is 0 Å². The van der Waals surface area contributed by atoms with Crippen molar-refractivity contribution in [2.24, 2.45) is 14.1 Å². The predicted octanol–water partition coefficient (Wildman–Crippen LogP) is 1.37. The third-order valence-corrected chi connectivity index (χ3v) is 3.84. The quantitative estimate of drug-likeness (QED) is 0.737. The topological polar surface area (TPSA) is 69.2 Å². The molecule has 1 N–H and O–H groups in total. The van der Waals surface area contributed by atoms with E-state index in [4.69, 9.17) is 12.2 Å². The lowest BCUT2D eigenvalue weighted by Crippen LogP contribution is -2.08. The van der Waals surface area contributed by atoms with Crippen LogP contribution in [0.15, 0.2) is 6.33 Å². The van der Waals surface area contributed by atoms with Crippen LogP contribution in [0, 0.1) is 4.77 Å². The third kappa shape index (κ3) is 1.96. The first-order valence-corrected chi connectivity index (χ1v) is 7.00. The highest BCUT2D eigenvalue weighted by atomic mass is 32.1. The summed E-state index contributed by atoms with van der Waals surface area (Å²) in [5.74, 6) is 0.944. The van der Waals surface area contributed by atoms with Crippen LogP contribution < -0.4 is 0 Å². The highest BCUT2D eigenvalue weighted by molar-refractivity contribution is 7.71. The van der Waals surface area contributed by atoms with E-state index >= 15 is 0 Å². The molecule has 3 heterocycles. The molecule has 0 saturated heterocycles. The van der Waals surface area contributed by atoms with Crippen LogP contribution in [0.25, 0.3) is 11.2 Å². The van der Waals surface area contributed by atoms with Crippen LogP contribution in [-0.4, -0.2) is 34.1 Å². The molecule has 0 saturated carbocycles. The van der Waals surface area contributed by atoms with Crippen LogP contribution in [-0.2, 0) is 33.5 Å². The maximum absolute atomic E-state index is 5.42. The van der Waals surface area contributed by atoms with Crippen LogP contribution in [0.4, 0.5) is 0 Å². The zero-order chi connectivity index (χ0) is 14.3. The Morgan fingerprint density at radius 3 is 2.80 bits per heavy atom. The second kappa shape index (κ2) is 4.86. The Morgan fingerprint density at radius 1 is 1.35 bits per heavy atom. The van der Waals surface area contributed by atoms with Crippen molar-refractivity contribution in [2.45, 2.75) is 26.3 Å². The number of aromatic nitrogens is 7. The standard InChI is InChI=1S/C12H17N7S/c1-4-8-10-11(18(3)16-8)19(12(20)14-10)6-5-9-15-13-7-17(9)2/h7H,4-6H2,1-3H3,(H,14,20). The SMILES string of the molecule is CCc1nn(C)c2c1[nH]c(=S)n2CCc1nncn1C. The minimum absolute atomic E-state index is 0.727. The molecule has 0 aromatic carbocycles. The van der Waals surface area contributed by atoms with Crippen molar-refractivity contribution in [1.82, 2.24) is 34.1 Å². The lowest BCUT2D eigenvalue weighted by atomic mass is 10.3. The first kappa shape index (κ1) is 13.0. The molecule has 0 spiro atoms. The van der Waals surface area contributed by atoms with Gasteiger partial charge in [0.1, 0.15) is 17.7 Å². The summed E-state index contributed by atoms with van der Waals surface area (Å²) in [4.78, 5) is 3.26. The van der Waals surface area contributed by atoms with Crippen molar-refractivity contribution < 1.29 is 0 Å². The van der Waals surface area contributed by atoms with Gasteiger partial charge in [-0.1, -0.05) is 6.92 Å². The highest BCUT2D eigenvalue weighted by Gasteiger charge is 2.14. The molecule has 3 rings (SSSR count). The van der Waals surface area contributed by atoms with Gasteiger partial charge in [0, 0.05) is 27.1 Å². The number of imidazole rings is 1. The molecule has 0 aliphatic rings. The van der Waals surface area contributed by atoms with Crippen molar-refractivity contribution in [1.29, 1.82) is 0 Å². The van der Waals surface area contributed by atoms with E-state index in [9.17, 15) is 0 Å². The first-order chi connectivity index (χ1) is 9.61. The monoisotopic (exact) mass is 291 g/mol. The van der Waals surface area contributed by atoms with E-state index < -0.39 is 0 Å². The van der Waals surface area contributed by atoms with Gasteiger partial charge in [-0.2, -0.15) is 5.10 Å². The number of aryl methyl sites for hydroxylation is 5. The molecule has 0 radical (unpaired) electrons. The van der Waals surface area contributed by atoms with Gasteiger partial charge in [-0.3, -0.25) is 4.68 Å². The molecular formula is C12H17N7S. The van der Waals surface area contributed by atoms with Crippen LogP contribution in [0.5, 0.6) is 0 Å². The Morgan fingerprint density at radius 2 is 2.15 bits per heavy atom. The third-order valence-electron chi connectivity index (χ3n) is 3.52. The number of rotatable bonds is 4. The van der Waals surface area contributed by atoms with Gasteiger partial charge in [0.2, 0.25) is 0 Å². The van der Waals surface area contributed by atoms with Crippen molar-refractivity contribution in [3.05, 3.63) is 22.6 Å². The number of nitrogens with zero attached hydrogens (tertiary/aromatic N) is 6. The van der Waals surface area contributed by atoms with Crippen LogP contribution in [0.3, 0.4) is 0 Å². The Hall–Kier alpha value is -1.96. The van der Waals surface area contributed by atoms with Gasteiger partial charge < -0.3 is 14.1 Å². The average Bonchev–Trinajstić information content (AvgIpc) is 3.05. The van der Waals surface area contributed by atoms with Crippen molar-refractivity contribution in [2.75, 3.05) is 0 Å². The molecule has 0 unspecified atom stereocenters. The molecule has 3 aromatic heterocycles. The number of hydrogen-bond donors (Lipinski definition) is 1. The Labute approximate surface area is 121 Å². The molecule has 0 aliphatic heterocycles. The van der Waals surface area contributed by atoms with Gasteiger partial charge in [0.15, 0.2) is 10.4 Å². The number of fused-ring (bicyclic) bond motifs is 1. The van der Waals surface area contributed by atoms with E-state index in [2.05, 4.69) is 31.8 Å². The average molecular weight is 291 g/mol.